The van der Waals surface area contributed by atoms with Gasteiger partial charge in [0.05, 0.1) is 32.3 Å². The summed E-state index contributed by atoms with van der Waals surface area (Å²) in [5.41, 5.74) is 3.38. The Kier molecular flexibility index (Phi) is 5.68. The fourth-order valence-electron chi connectivity index (χ4n) is 2.45. The van der Waals surface area contributed by atoms with Gasteiger partial charge in [-0.1, -0.05) is 29.8 Å². The van der Waals surface area contributed by atoms with E-state index in [4.69, 9.17) is 11.6 Å². The van der Waals surface area contributed by atoms with Gasteiger partial charge in [-0.3, -0.25) is 9.48 Å². The molecule has 0 saturated heterocycles. The monoisotopic (exact) mass is 501 g/mol. The number of nitrogens with zero attached hydrogens (tertiary/aromatic N) is 2. The quantitative estimate of drug-likeness (QED) is 0.472. The minimum absolute atomic E-state index is 0.153. The molecule has 1 amide bonds. The van der Waals surface area contributed by atoms with Crippen LogP contribution in [0.5, 0.6) is 0 Å². The fraction of sp³-hybridized carbons (Fsp3) is 0.176. The maximum absolute atomic E-state index is 12.5. The molecule has 0 bridgehead atoms. The van der Waals surface area contributed by atoms with E-state index in [1.807, 2.05) is 42.8 Å². The van der Waals surface area contributed by atoms with Crippen LogP contribution in [0.25, 0.3) is 0 Å². The predicted molar refractivity (Wildman–Crippen MR) is 110 cm³/mol. The van der Waals surface area contributed by atoms with E-state index in [0.717, 1.165) is 30.9 Å². The molecule has 0 atom stereocenters. The second-order valence-electron chi connectivity index (χ2n) is 5.48. The second kappa shape index (κ2) is 7.61. The van der Waals surface area contributed by atoms with Gasteiger partial charge in [0.1, 0.15) is 0 Å². The van der Waals surface area contributed by atoms with Gasteiger partial charge >= 0.3 is 0 Å². The van der Waals surface area contributed by atoms with Crippen LogP contribution in [0.4, 0.5) is 5.69 Å². The first-order valence-electron chi connectivity index (χ1n) is 7.40. The van der Waals surface area contributed by atoms with Gasteiger partial charge in [-0.05, 0) is 63.4 Å². The van der Waals surface area contributed by atoms with Crippen molar-refractivity contribution in [2.75, 3.05) is 5.32 Å². The number of nitrogens with one attached hydrogen (secondary N) is 1. The SMILES string of the molecule is Cc1nn(Cc2ccccc2Cl)c(C)c1NC(=O)c1cc(Br)c(Br)s1. The Morgan fingerprint density at radius 2 is 2.04 bits per heavy atom. The molecular weight excluding hydrogens is 490 g/mol. The Morgan fingerprint density at radius 3 is 2.68 bits per heavy atom. The lowest BCUT2D eigenvalue weighted by molar-refractivity contribution is 0.103. The number of amides is 1. The molecule has 2 aromatic heterocycles. The van der Waals surface area contributed by atoms with Gasteiger partial charge in [-0.15, -0.1) is 11.3 Å². The van der Waals surface area contributed by atoms with E-state index < -0.39 is 0 Å². The summed E-state index contributed by atoms with van der Waals surface area (Å²) in [5, 5.41) is 8.22. The third-order valence-electron chi connectivity index (χ3n) is 3.77. The number of halogens is 3. The molecular formula is C17H14Br2ClN3OS. The van der Waals surface area contributed by atoms with Crippen LogP contribution in [0.3, 0.4) is 0 Å². The molecule has 0 spiro atoms. The molecule has 0 fully saturated rings. The van der Waals surface area contributed by atoms with Crippen LogP contribution < -0.4 is 5.32 Å². The van der Waals surface area contributed by atoms with Gasteiger partial charge in [0.25, 0.3) is 5.91 Å². The fourth-order valence-corrected chi connectivity index (χ4v) is 4.58. The maximum Gasteiger partial charge on any atom is 0.265 e. The lowest BCUT2D eigenvalue weighted by Crippen LogP contribution is -2.12. The highest BCUT2D eigenvalue weighted by Gasteiger charge is 2.18. The first-order valence-corrected chi connectivity index (χ1v) is 10.2. The normalized spacial score (nSPS) is 10.9. The smallest absolute Gasteiger partial charge is 0.265 e. The summed E-state index contributed by atoms with van der Waals surface area (Å²) in [6, 6.07) is 9.47. The third-order valence-corrected chi connectivity index (χ3v) is 7.39. The van der Waals surface area contributed by atoms with Crippen molar-refractivity contribution < 1.29 is 4.79 Å². The van der Waals surface area contributed by atoms with Crippen LogP contribution in [-0.2, 0) is 6.54 Å². The van der Waals surface area contributed by atoms with Gasteiger partial charge in [-0.2, -0.15) is 5.10 Å². The maximum atomic E-state index is 12.5. The Morgan fingerprint density at radius 1 is 1.32 bits per heavy atom. The Hall–Kier alpha value is -1.15. The molecule has 1 N–H and O–H groups in total. The summed E-state index contributed by atoms with van der Waals surface area (Å²) < 4.78 is 3.61. The van der Waals surface area contributed by atoms with E-state index >= 15 is 0 Å². The molecule has 3 rings (SSSR count). The molecule has 4 nitrogen and oxygen atoms in total. The Bertz CT molecular complexity index is 932. The number of carbonyl (C=O) groups is 1. The molecule has 0 radical (unpaired) electrons. The number of thiophene rings is 1. The molecule has 0 aliphatic rings. The van der Waals surface area contributed by atoms with E-state index in [2.05, 4.69) is 42.3 Å². The standard InChI is InChI=1S/C17H14Br2ClN3OS/c1-9-15(21-17(24)14-7-12(18)16(19)25-14)10(2)23(22-9)8-11-5-3-4-6-13(11)20/h3-7H,8H2,1-2H3,(H,21,24). The number of carbonyl (C=O) groups excluding carboxylic acids is 1. The average molecular weight is 504 g/mol. The average Bonchev–Trinajstić information content (AvgIpc) is 3.04. The van der Waals surface area contributed by atoms with Gasteiger partial charge in [0.15, 0.2) is 0 Å². The molecule has 0 aliphatic carbocycles. The zero-order chi connectivity index (χ0) is 18.1. The van der Waals surface area contributed by atoms with Crippen molar-refractivity contribution in [3.8, 4) is 0 Å². The summed E-state index contributed by atoms with van der Waals surface area (Å²) in [5.74, 6) is -0.153. The lowest BCUT2D eigenvalue weighted by Gasteiger charge is -2.08. The van der Waals surface area contributed by atoms with Crippen molar-refractivity contribution in [2.24, 2.45) is 0 Å². The minimum Gasteiger partial charge on any atom is -0.318 e. The zero-order valence-corrected chi connectivity index (χ0v) is 18.2. The van der Waals surface area contributed by atoms with Crippen LogP contribution in [-0.4, -0.2) is 15.7 Å². The van der Waals surface area contributed by atoms with Gasteiger partial charge in [-0.25, -0.2) is 0 Å². The summed E-state index contributed by atoms with van der Waals surface area (Å²) >= 11 is 14.4. The first kappa shape index (κ1) is 18.6. The molecule has 25 heavy (non-hydrogen) atoms. The number of hydrogen-bond acceptors (Lipinski definition) is 3. The molecule has 130 valence electrons. The van der Waals surface area contributed by atoms with E-state index in [1.165, 1.54) is 11.3 Å². The van der Waals surface area contributed by atoms with Crippen LogP contribution in [0.15, 0.2) is 38.6 Å². The number of benzene rings is 1. The minimum atomic E-state index is -0.153. The first-order chi connectivity index (χ1) is 11.9. The number of anilines is 1. The van der Waals surface area contributed by atoms with E-state index in [9.17, 15) is 4.79 Å². The summed E-state index contributed by atoms with van der Waals surface area (Å²) in [4.78, 5) is 13.1. The van der Waals surface area contributed by atoms with Crippen molar-refractivity contribution in [1.82, 2.24) is 9.78 Å². The highest BCUT2D eigenvalue weighted by atomic mass is 79.9. The van der Waals surface area contributed by atoms with E-state index in [0.29, 0.717) is 16.4 Å². The molecule has 2 heterocycles. The number of aryl methyl sites for hydroxylation is 1. The summed E-state index contributed by atoms with van der Waals surface area (Å²) in [6.45, 7) is 4.37. The molecule has 0 unspecified atom stereocenters. The molecule has 3 aromatic rings. The van der Waals surface area contributed by atoms with E-state index in [1.54, 1.807) is 6.07 Å². The third kappa shape index (κ3) is 4.00. The van der Waals surface area contributed by atoms with Crippen LogP contribution in [0.1, 0.15) is 26.6 Å². The van der Waals surface area contributed by atoms with Crippen molar-refractivity contribution >= 4 is 66.4 Å². The molecule has 0 aliphatic heterocycles. The summed E-state index contributed by atoms with van der Waals surface area (Å²) in [7, 11) is 0. The Balaban J connectivity index is 1.84. The van der Waals surface area contributed by atoms with Crippen LogP contribution >= 0.6 is 54.8 Å². The van der Waals surface area contributed by atoms with Gasteiger partial charge in [0, 0.05) is 9.50 Å². The summed E-state index contributed by atoms with van der Waals surface area (Å²) in [6.07, 6.45) is 0. The topological polar surface area (TPSA) is 46.9 Å². The highest BCUT2D eigenvalue weighted by molar-refractivity contribution is 9.13. The molecule has 0 saturated carbocycles. The molecule has 8 heteroatoms. The highest BCUT2D eigenvalue weighted by Crippen LogP contribution is 2.33. The van der Waals surface area contributed by atoms with Crippen molar-refractivity contribution in [3.63, 3.8) is 0 Å². The van der Waals surface area contributed by atoms with E-state index in [-0.39, 0.29) is 5.91 Å². The largest absolute Gasteiger partial charge is 0.318 e. The second-order valence-corrected chi connectivity index (χ2v) is 9.11. The predicted octanol–water partition coefficient (Wildman–Crippen LogP) is 6.04. The number of hydrogen-bond donors (Lipinski definition) is 1. The number of aromatic nitrogens is 2. The van der Waals surface area contributed by atoms with Gasteiger partial charge < -0.3 is 5.32 Å². The van der Waals surface area contributed by atoms with Crippen LogP contribution in [0.2, 0.25) is 5.02 Å². The van der Waals surface area contributed by atoms with Crippen molar-refractivity contribution in [3.05, 3.63) is 65.4 Å². The number of rotatable bonds is 4. The van der Waals surface area contributed by atoms with Crippen molar-refractivity contribution in [1.29, 1.82) is 0 Å². The lowest BCUT2D eigenvalue weighted by atomic mass is 10.2. The van der Waals surface area contributed by atoms with Crippen LogP contribution in [0, 0.1) is 13.8 Å². The zero-order valence-electron chi connectivity index (χ0n) is 13.4. The molecule has 1 aromatic carbocycles. The van der Waals surface area contributed by atoms with Gasteiger partial charge in [0.2, 0.25) is 0 Å². The Labute approximate surface area is 171 Å². The van der Waals surface area contributed by atoms with Crippen molar-refractivity contribution in [2.45, 2.75) is 20.4 Å².